The normalized spacial score (nSPS) is 11.1. The summed E-state index contributed by atoms with van der Waals surface area (Å²) in [6, 6.07) is 9.97. The lowest BCUT2D eigenvalue weighted by Gasteiger charge is -2.03. The van der Waals surface area contributed by atoms with Crippen LogP contribution in [0.5, 0.6) is 0 Å². The Labute approximate surface area is 78.0 Å². The molecule has 3 heteroatoms. The summed E-state index contributed by atoms with van der Waals surface area (Å²) >= 11 is 0. The minimum absolute atomic E-state index is 0.578. The summed E-state index contributed by atoms with van der Waals surface area (Å²) in [7, 11) is 3.09. The topological polar surface area (TPSA) is 30.8 Å². The third kappa shape index (κ3) is 3.15. The van der Waals surface area contributed by atoms with Gasteiger partial charge in [-0.3, -0.25) is 0 Å². The maximum atomic E-state index is 5.02. The molecule has 0 saturated carbocycles. The fourth-order valence-electron chi connectivity index (χ4n) is 1.01. The second kappa shape index (κ2) is 5.19. The summed E-state index contributed by atoms with van der Waals surface area (Å²) in [6.07, 6.45) is 0.658. The fraction of sp³-hybridized carbons (Fsp3) is 0.300. The molecule has 0 aromatic heterocycles. The molecule has 0 aliphatic carbocycles. The Morgan fingerprint density at radius 3 is 2.46 bits per heavy atom. The van der Waals surface area contributed by atoms with E-state index in [1.807, 2.05) is 30.3 Å². The number of oxime groups is 1. The van der Waals surface area contributed by atoms with Gasteiger partial charge in [0.05, 0.1) is 13.5 Å². The molecule has 0 spiro atoms. The number of benzene rings is 1. The van der Waals surface area contributed by atoms with Gasteiger partial charge in [0, 0.05) is 0 Å². The third-order valence-electron chi connectivity index (χ3n) is 1.63. The van der Waals surface area contributed by atoms with E-state index in [1.54, 1.807) is 7.11 Å². The van der Waals surface area contributed by atoms with Gasteiger partial charge >= 0.3 is 0 Å². The highest BCUT2D eigenvalue weighted by Gasteiger charge is 2.00. The van der Waals surface area contributed by atoms with Gasteiger partial charge in [-0.2, -0.15) is 0 Å². The quantitative estimate of drug-likeness (QED) is 0.402. The van der Waals surface area contributed by atoms with E-state index in [2.05, 4.69) is 9.99 Å². The predicted molar refractivity (Wildman–Crippen MR) is 51.6 cm³/mol. The summed E-state index contributed by atoms with van der Waals surface area (Å²) in [4.78, 5) is 4.63. The molecule has 0 aliphatic rings. The Morgan fingerprint density at radius 1 is 1.23 bits per heavy atom. The Hall–Kier alpha value is -1.51. The molecule has 1 rings (SSSR count). The van der Waals surface area contributed by atoms with E-state index in [9.17, 15) is 0 Å². The molecule has 70 valence electrons. The Bertz CT molecular complexity index is 270. The van der Waals surface area contributed by atoms with Gasteiger partial charge in [-0.1, -0.05) is 35.5 Å². The van der Waals surface area contributed by atoms with E-state index in [4.69, 9.17) is 4.74 Å². The first-order valence-electron chi connectivity index (χ1n) is 4.04. The lowest BCUT2D eigenvalue weighted by Crippen LogP contribution is -2.05. The monoisotopic (exact) mass is 179 g/mol. The first-order chi connectivity index (χ1) is 6.36. The van der Waals surface area contributed by atoms with Crippen LogP contribution in [0.15, 0.2) is 35.5 Å². The first kappa shape index (κ1) is 9.58. The SMILES string of the molecule is CO/N=C(/Cc1ccccc1)OC. The van der Waals surface area contributed by atoms with E-state index in [0.29, 0.717) is 12.3 Å². The number of rotatable bonds is 3. The lowest BCUT2D eigenvalue weighted by atomic mass is 10.1. The molecule has 0 atom stereocenters. The van der Waals surface area contributed by atoms with Gasteiger partial charge in [0.2, 0.25) is 5.90 Å². The molecule has 0 radical (unpaired) electrons. The molecule has 0 unspecified atom stereocenters. The molecule has 0 saturated heterocycles. The van der Waals surface area contributed by atoms with E-state index in [0.717, 1.165) is 5.56 Å². The van der Waals surface area contributed by atoms with Crippen molar-refractivity contribution >= 4 is 5.90 Å². The zero-order valence-corrected chi connectivity index (χ0v) is 7.86. The van der Waals surface area contributed by atoms with Crippen molar-refractivity contribution in [1.29, 1.82) is 0 Å². The molecular weight excluding hydrogens is 166 g/mol. The van der Waals surface area contributed by atoms with E-state index in [1.165, 1.54) is 7.11 Å². The average Bonchev–Trinajstić information content (AvgIpc) is 2.19. The van der Waals surface area contributed by atoms with Crippen molar-refractivity contribution in [2.75, 3.05) is 14.2 Å². The Morgan fingerprint density at radius 2 is 1.92 bits per heavy atom. The second-order valence-corrected chi connectivity index (χ2v) is 2.53. The van der Waals surface area contributed by atoms with Crippen LogP contribution in [0.4, 0.5) is 0 Å². The van der Waals surface area contributed by atoms with Crippen molar-refractivity contribution in [3.63, 3.8) is 0 Å². The molecule has 1 aromatic carbocycles. The first-order valence-corrected chi connectivity index (χ1v) is 4.04. The zero-order chi connectivity index (χ0) is 9.52. The molecule has 13 heavy (non-hydrogen) atoms. The molecule has 3 nitrogen and oxygen atoms in total. The number of nitrogens with zero attached hydrogens (tertiary/aromatic N) is 1. The van der Waals surface area contributed by atoms with Crippen molar-refractivity contribution < 1.29 is 9.57 Å². The van der Waals surface area contributed by atoms with Crippen LogP contribution in [0.2, 0.25) is 0 Å². The zero-order valence-electron chi connectivity index (χ0n) is 7.86. The average molecular weight is 179 g/mol. The van der Waals surface area contributed by atoms with Gasteiger partial charge in [0.25, 0.3) is 0 Å². The second-order valence-electron chi connectivity index (χ2n) is 2.53. The van der Waals surface area contributed by atoms with Gasteiger partial charge in [-0.15, -0.1) is 0 Å². The highest BCUT2D eigenvalue weighted by molar-refractivity contribution is 5.77. The highest BCUT2D eigenvalue weighted by atomic mass is 16.6. The summed E-state index contributed by atoms with van der Waals surface area (Å²) in [5.41, 5.74) is 1.15. The van der Waals surface area contributed by atoms with Crippen molar-refractivity contribution in [2.45, 2.75) is 6.42 Å². The minimum atomic E-state index is 0.578. The molecule has 0 bridgehead atoms. The van der Waals surface area contributed by atoms with Gasteiger partial charge in [0.1, 0.15) is 7.11 Å². The van der Waals surface area contributed by atoms with Crippen LogP contribution < -0.4 is 0 Å². The Balaban J connectivity index is 2.62. The molecule has 0 aliphatic heterocycles. The van der Waals surface area contributed by atoms with Gasteiger partial charge in [0.15, 0.2) is 0 Å². The van der Waals surface area contributed by atoms with Crippen LogP contribution in [-0.4, -0.2) is 20.1 Å². The molecule has 0 N–H and O–H groups in total. The van der Waals surface area contributed by atoms with Crippen molar-refractivity contribution in [1.82, 2.24) is 0 Å². The maximum absolute atomic E-state index is 5.02. The number of hydrogen-bond acceptors (Lipinski definition) is 3. The smallest absolute Gasteiger partial charge is 0.229 e. The highest BCUT2D eigenvalue weighted by Crippen LogP contribution is 2.01. The third-order valence-corrected chi connectivity index (χ3v) is 1.63. The van der Waals surface area contributed by atoms with Crippen molar-refractivity contribution in [3.05, 3.63) is 35.9 Å². The predicted octanol–water partition coefficient (Wildman–Crippen LogP) is 1.84. The van der Waals surface area contributed by atoms with E-state index >= 15 is 0 Å². The Kier molecular flexibility index (Phi) is 3.82. The van der Waals surface area contributed by atoms with Crippen LogP contribution in [-0.2, 0) is 16.0 Å². The van der Waals surface area contributed by atoms with Crippen LogP contribution >= 0.6 is 0 Å². The van der Waals surface area contributed by atoms with Crippen LogP contribution in [0.3, 0.4) is 0 Å². The van der Waals surface area contributed by atoms with E-state index < -0.39 is 0 Å². The molecule has 0 heterocycles. The minimum Gasteiger partial charge on any atom is -0.482 e. The molecule has 0 amide bonds. The summed E-state index contributed by atoms with van der Waals surface area (Å²) in [6.45, 7) is 0. The molecular formula is C10H13NO2. The van der Waals surface area contributed by atoms with Crippen LogP contribution in [0.25, 0.3) is 0 Å². The van der Waals surface area contributed by atoms with Crippen molar-refractivity contribution in [3.8, 4) is 0 Å². The fourth-order valence-corrected chi connectivity index (χ4v) is 1.01. The molecule has 0 fully saturated rings. The van der Waals surface area contributed by atoms with Gasteiger partial charge < -0.3 is 9.57 Å². The lowest BCUT2D eigenvalue weighted by molar-refractivity contribution is 0.197. The number of hydrogen-bond donors (Lipinski definition) is 0. The summed E-state index contributed by atoms with van der Waals surface area (Å²) in [5.74, 6) is 0.578. The maximum Gasteiger partial charge on any atom is 0.229 e. The van der Waals surface area contributed by atoms with Gasteiger partial charge in [-0.05, 0) is 5.56 Å². The number of methoxy groups -OCH3 is 1. The number of ether oxygens (including phenoxy) is 1. The van der Waals surface area contributed by atoms with E-state index in [-0.39, 0.29) is 0 Å². The summed E-state index contributed by atoms with van der Waals surface area (Å²) in [5, 5.41) is 3.73. The summed E-state index contributed by atoms with van der Waals surface area (Å²) < 4.78 is 5.02. The molecule has 1 aromatic rings. The van der Waals surface area contributed by atoms with Crippen molar-refractivity contribution in [2.24, 2.45) is 5.16 Å². The van der Waals surface area contributed by atoms with Gasteiger partial charge in [-0.25, -0.2) is 0 Å². The standard InChI is InChI=1S/C10H13NO2/c1-12-10(11-13-2)8-9-6-4-3-5-7-9/h3-7H,8H2,1-2H3/b11-10-. The van der Waals surface area contributed by atoms with Crippen LogP contribution in [0.1, 0.15) is 5.56 Å². The van der Waals surface area contributed by atoms with Crippen LogP contribution in [0, 0.1) is 0 Å². The largest absolute Gasteiger partial charge is 0.482 e.